The fourth-order valence-electron chi connectivity index (χ4n) is 3.84. The highest BCUT2D eigenvalue weighted by Gasteiger charge is 2.29. The summed E-state index contributed by atoms with van der Waals surface area (Å²) in [6.45, 7) is 8.99. The van der Waals surface area contributed by atoms with Gasteiger partial charge in [-0.25, -0.2) is 13.1 Å². The van der Waals surface area contributed by atoms with Crippen LogP contribution in [-0.2, 0) is 6.54 Å². The summed E-state index contributed by atoms with van der Waals surface area (Å²) < 4.78 is 29.7. The van der Waals surface area contributed by atoms with Gasteiger partial charge < -0.3 is 9.88 Å². The number of halogens is 2. The fraction of sp³-hybridized carbons (Fsp3) is 0.267. The minimum atomic E-state index is -0.345. The summed E-state index contributed by atoms with van der Waals surface area (Å²) in [5.74, 6) is -0.444. The average Bonchev–Trinajstić information content (AvgIpc) is 3.45. The third kappa shape index (κ3) is 7.79. The Morgan fingerprint density at radius 2 is 1.82 bits per heavy atom. The molecule has 2 aromatic carbocycles. The van der Waals surface area contributed by atoms with Gasteiger partial charge in [0.05, 0.1) is 33.8 Å². The summed E-state index contributed by atoms with van der Waals surface area (Å²) in [6, 6.07) is 20.1. The van der Waals surface area contributed by atoms with Gasteiger partial charge in [0.1, 0.15) is 17.4 Å². The van der Waals surface area contributed by atoms with Crippen LogP contribution in [0.15, 0.2) is 87.0 Å². The van der Waals surface area contributed by atoms with Gasteiger partial charge in [-0.15, -0.1) is 11.3 Å². The van der Waals surface area contributed by atoms with E-state index in [0.29, 0.717) is 5.69 Å². The van der Waals surface area contributed by atoms with Crippen molar-refractivity contribution in [1.82, 2.24) is 8.87 Å². The molecule has 0 aliphatic carbocycles. The van der Waals surface area contributed by atoms with Crippen LogP contribution in [0.3, 0.4) is 0 Å². The van der Waals surface area contributed by atoms with Crippen LogP contribution in [0.4, 0.5) is 14.5 Å². The van der Waals surface area contributed by atoms with Crippen LogP contribution in [0.2, 0.25) is 0 Å². The Labute approximate surface area is 236 Å². The van der Waals surface area contributed by atoms with E-state index in [1.807, 2.05) is 44.2 Å². The zero-order valence-corrected chi connectivity index (χ0v) is 24.1. The summed E-state index contributed by atoms with van der Waals surface area (Å²) in [5.41, 5.74) is 1.89. The summed E-state index contributed by atoms with van der Waals surface area (Å²) in [5, 5.41) is 16.2. The van der Waals surface area contributed by atoms with Crippen molar-refractivity contribution in [3.63, 3.8) is 0 Å². The lowest BCUT2D eigenvalue weighted by Crippen LogP contribution is -2.51. The normalized spacial score (nSPS) is 13.4. The van der Waals surface area contributed by atoms with E-state index in [9.17, 15) is 18.8 Å². The SMILES string of the molecule is C/C=C(\C)F.CC.N#Cc1c(NC2CN(Sc3cccs3)C2)c2ccccc2n(Cc2ccc(F)cc2)c1=O. The number of nitriles is 1. The summed E-state index contributed by atoms with van der Waals surface area (Å²) in [4.78, 5) is 13.3. The minimum Gasteiger partial charge on any atom is -0.378 e. The van der Waals surface area contributed by atoms with Crippen LogP contribution < -0.4 is 10.9 Å². The maximum Gasteiger partial charge on any atom is 0.271 e. The molecule has 39 heavy (non-hydrogen) atoms. The van der Waals surface area contributed by atoms with E-state index in [2.05, 4.69) is 27.1 Å². The number of nitrogens with one attached hydrogen (secondary N) is 1. The smallest absolute Gasteiger partial charge is 0.271 e. The molecule has 3 heterocycles. The molecule has 2 aromatic heterocycles. The monoisotopic (exact) mass is 566 g/mol. The number of pyridine rings is 1. The largest absolute Gasteiger partial charge is 0.378 e. The lowest BCUT2D eigenvalue weighted by Gasteiger charge is -2.39. The number of rotatable bonds is 6. The molecule has 4 aromatic rings. The standard InChI is InChI=1S/C24H19FN4OS2.C4H7F.C2H6/c25-17-9-7-16(8-10-17)13-29-21-5-2-1-4-19(21)23(20(12-26)24(29)30)27-18-14-28(15-18)32-22-6-3-11-31-22;1-3-4(2)5;1-2/h1-11,18,27H,13-15H2;3H,1-2H3;1-2H3/b;4-3+;. The van der Waals surface area contributed by atoms with Gasteiger partial charge >= 0.3 is 0 Å². The van der Waals surface area contributed by atoms with Crippen molar-refractivity contribution in [2.75, 3.05) is 18.4 Å². The van der Waals surface area contributed by atoms with Gasteiger partial charge in [0, 0.05) is 18.5 Å². The van der Waals surface area contributed by atoms with Gasteiger partial charge in [-0.05, 0) is 61.0 Å². The Hall–Kier alpha value is -3.45. The first kappa shape index (κ1) is 30.1. The molecule has 204 valence electrons. The lowest BCUT2D eigenvalue weighted by molar-refractivity contribution is 0.310. The first-order valence-corrected chi connectivity index (χ1v) is 14.4. The van der Waals surface area contributed by atoms with Crippen molar-refractivity contribution >= 4 is 39.9 Å². The molecule has 0 spiro atoms. The Morgan fingerprint density at radius 1 is 1.15 bits per heavy atom. The maximum absolute atomic E-state index is 13.3. The van der Waals surface area contributed by atoms with E-state index in [-0.39, 0.29) is 35.4 Å². The van der Waals surface area contributed by atoms with E-state index in [1.165, 1.54) is 29.3 Å². The molecular weight excluding hydrogens is 534 g/mol. The second kappa shape index (κ2) is 14.6. The lowest BCUT2D eigenvalue weighted by atomic mass is 10.1. The number of nitrogens with zero attached hydrogens (tertiary/aromatic N) is 3. The van der Waals surface area contributed by atoms with Gasteiger partial charge in [0.15, 0.2) is 0 Å². The van der Waals surface area contributed by atoms with Crippen molar-refractivity contribution in [3.8, 4) is 6.07 Å². The third-order valence-corrected chi connectivity index (χ3v) is 7.89. The molecule has 5 rings (SSSR count). The van der Waals surface area contributed by atoms with Crippen LogP contribution in [0.5, 0.6) is 0 Å². The van der Waals surface area contributed by atoms with Crippen molar-refractivity contribution in [1.29, 1.82) is 5.26 Å². The Kier molecular flexibility index (Phi) is 11.3. The summed E-state index contributed by atoms with van der Waals surface area (Å²) in [6.07, 6.45) is 1.42. The van der Waals surface area contributed by atoms with Gasteiger partial charge in [-0.3, -0.25) is 4.79 Å². The molecule has 1 fully saturated rings. The molecule has 0 unspecified atom stereocenters. The van der Waals surface area contributed by atoms with Crippen LogP contribution in [-0.4, -0.2) is 28.0 Å². The van der Waals surface area contributed by atoms with Crippen LogP contribution >= 0.6 is 23.3 Å². The van der Waals surface area contributed by atoms with Crippen molar-refractivity contribution in [3.05, 3.63) is 105 Å². The molecule has 0 bridgehead atoms. The molecule has 9 heteroatoms. The zero-order valence-electron chi connectivity index (χ0n) is 22.4. The van der Waals surface area contributed by atoms with Gasteiger partial charge in [-0.1, -0.05) is 56.3 Å². The molecule has 5 nitrogen and oxygen atoms in total. The highest BCUT2D eigenvalue weighted by atomic mass is 32.2. The quantitative estimate of drug-likeness (QED) is 0.241. The highest BCUT2D eigenvalue weighted by Crippen LogP contribution is 2.33. The van der Waals surface area contributed by atoms with Crippen LogP contribution in [0.25, 0.3) is 10.9 Å². The fourth-order valence-corrected chi connectivity index (χ4v) is 5.85. The zero-order chi connectivity index (χ0) is 28.4. The summed E-state index contributed by atoms with van der Waals surface area (Å²) >= 11 is 3.44. The molecule has 0 radical (unpaired) electrons. The number of hydrogen-bond acceptors (Lipinski definition) is 6. The average molecular weight is 567 g/mol. The molecule has 1 aliphatic heterocycles. The molecule has 1 saturated heterocycles. The second-order valence-corrected chi connectivity index (χ2v) is 10.8. The van der Waals surface area contributed by atoms with Gasteiger partial charge in [-0.2, -0.15) is 5.26 Å². The third-order valence-electron chi connectivity index (χ3n) is 5.85. The maximum atomic E-state index is 13.3. The molecule has 1 N–H and O–H groups in total. The Bertz CT molecular complexity index is 1480. The van der Waals surface area contributed by atoms with E-state index < -0.39 is 0 Å². The predicted molar refractivity (Wildman–Crippen MR) is 159 cm³/mol. The number of thiophene rings is 1. The van der Waals surface area contributed by atoms with E-state index in [4.69, 9.17) is 0 Å². The predicted octanol–water partition coefficient (Wildman–Crippen LogP) is 7.83. The van der Waals surface area contributed by atoms with Crippen molar-refractivity contribution in [2.24, 2.45) is 0 Å². The Morgan fingerprint density at radius 3 is 2.41 bits per heavy atom. The number of fused-ring (bicyclic) bond motifs is 1. The minimum absolute atomic E-state index is 0.107. The van der Waals surface area contributed by atoms with E-state index in [1.54, 1.807) is 46.9 Å². The molecule has 0 saturated carbocycles. The second-order valence-electron chi connectivity index (χ2n) is 8.48. The number of allylic oxidation sites excluding steroid dienone is 2. The van der Waals surface area contributed by atoms with E-state index in [0.717, 1.165) is 29.6 Å². The number of anilines is 1. The van der Waals surface area contributed by atoms with Crippen LogP contribution in [0, 0.1) is 17.1 Å². The highest BCUT2D eigenvalue weighted by molar-refractivity contribution is 7.99. The van der Waals surface area contributed by atoms with Gasteiger partial charge in [0.2, 0.25) is 0 Å². The number of aromatic nitrogens is 1. The summed E-state index contributed by atoms with van der Waals surface area (Å²) in [7, 11) is 0. The first-order chi connectivity index (χ1) is 18.9. The molecule has 0 atom stereocenters. The number of para-hydroxylation sites is 1. The number of hydrogen-bond donors (Lipinski definition) is 1. The first-order valence-electron chi connectivity index (χ1n) is 12.7. The molecular formula is C30H32F2N4OS2. The molecule has 1 aliphatic rings. The van der Waals surface area contributed by atoms with E-state index >= 15 is 0 Å². The number of benzene rings is 2. The van der Waals surface area contributed by atoms with Crippen molar-refractivity contribution in [2.45, 2.75) is 44.5 Å². The van der Waals surface area contributed by atoms with Gasteiger partial charge in [0.25, 0.3) is 5.56 Å². The Balaban J connectivity index is 0.000000542. The topological polar surface area (TPSA) is 61.1 Å². The van der Waals surface area contributed by atoms with Crippen LogP contribution in [0.1, 0.15) is 38.8 Å². The molecule has 0 amide bonds. The van der Waals surface area contributed by atoms with Crippen molar-refractivity contribution < 1.29 is 8.78 Å².